The van der Waals surface area contributed by atoms with E-state index in [0.29, 0.717) is 0 Å². The highest BCUT2D eigenvalue weighted by Crippen LogP contribution is 2.38. The van der Waals surface area contributed by atoms with Gasteiger partial charge in [0.05, 0.1) is 0 Å². The van der Waals surface area contributed by atoms with Crippen LogP contribution in [0.3, 0.4) is 0 Å². The quantitative estimate of drug-likeness (QED) is 0.794. The summed E-state index contributed by atoms with van der Waals surface area (Å²) in [5.41, 5.74) is 0. The molecular formula is C14H27NO. The lowest BCUT2D eigenvalue weighted by molar-refractivity contribution is 0.0233. The summed E-state index contributed by atoms with van der Waals surface area (Å²) in [6, 6.07) is 0. The summed E-state index contributed by atoms with van der Waals surface area (Å²) < 4.78 is 5.49. The molecule has 1 saturated carbocycles. The van der Waals surface area contributed by atoms with Crippen LogP contribution in [0.1, 0.15) is 45.4 Å². The number of nitrogens with one attached hydrogen (secondary N) is 1. The summed E-state index contributed by atoms with van der Waals surface area (Å²) in [5.74, 6) is 2.88. The Balaban J connectivity index is 1.86. The first-order valence-corrected chi connectivity index (χ1v) is 7.20. The van der Waals surface area contributed by atoms with Gasteiger partial charge in [0.15, 0.2) is 0 Å². The topological polar surface area (TPSA) is 21.3 Å². The number of rotatable bonds is 4. The standard InChI is InChI=1S/C14H27NO/c1-2-15-11-13-5-3-4-6-14(13)12-7-9-16-10-8-12/h12-15H,2-11H2,1H3. The normalized spacial score (nSPS) is 32.8. The van der Waals surface area contributed by atoms with Crippen LogP contribution in [0.2, 0.25) is 0 Å². The molecule has 0 bridgehead atoms. The lowest BCUT2D eigenvalue weighted by Crippen LogP contribution is -2.36. The van der Waals surface area contributed by atoms with Gasteiger partial charge in [-0.2, -0.15) is 0 Å². The molecule has 16 heavy (non-hydrogen) atoms. The van der Waals surface area contributed by atoms with Crippen molar-refractivity contribution in [3.05, 3.63) is 0 Å². The first-order valence-electron chi connectivity index (χ1n) is 7.20. The summed E-state index contributed by atoms with van der Waals surface area (Å²) in [7, 11) is 0. The molecule has 2 nitrogen and oxygen atoms in total. The molecule has 2 rings (SSSR count). The van der Waals surface area contributed by atoms with Gasteiger partial charge in [-0.1, -0.05) is 19.8 Å². The van der Waals surface area contributed by atoms with E-state index in [1.165, 1.54) is 45.1 Å². The van der Waals surface area contributed by atoms with Gasteiger partial charge in [-0.05, 0) is 56.5 Å². The number of hydrogen-bond donors (Lipinski definition) is 1. The minimum atomic E-state index is 0.941. The summed E-state index contributed by atoms with van der Waals surface area (Å²) >= 11 is 0. The molecule has 1 aliphatic carbocycles. The molecule has 2 unspecified atom stereocenters. The maximum atomic E-state index is 5.49. The smallest absolute Gasteiger partial charge is 0.0468 e. The van der Waals surface area contributed by atoms with Crippen molar-refractivity contribution >= 4 is 0 Å². The zero-order valence-corrected chi connectivity index (χ0v) is 10.7. The van der Waals surface area contributed by atoms with Gasteiger partial charge in [0, 0.05) is 13.2 Å². The molecule has 0 amide bonds. The van der Waals surface area contributed by atoms with Crippen LogP contribution in [0, 0.1) is 17.8 Å². The molecule has 0 spiro atoms. The Kier molecular flexibility index (Phi) is 5.11. The number of ether oxygens (including phenoxy) is 1. The maximum absolute atomic E-state index is 5.49. The third-order valence-electron chi connectivity index (χ3n) is 4.50. The van der Waals surface area contributed by atoms with E-state index >= 15 is 0 Å². The predicted molar refractivity (Wildman–Crippen MR) is 67.5 cm³/mol. The van der Waals surface area contributed by atoms with Crippen molar-refractivity contribution in [3.63, 3.8) is 0 Å². The zero-order chi connectivity index (χ0) is 11.2. The van der Waals surface area contributed by atoms with Crippen molar-refractivity contribution in [1.29, 1.82) is 0 Å². The van der Waals surface area contributed by atoms with E-state index in [1.807, 2.05) is 0 Å². The van der Waals surface area contributed by atoms with E-state index in [-0.39, 0.29) is 0 Å². The van der Waals surface area contributed by atoms with Crippen LogP contribution >= 0.6 is 0 Å². The summed E-state index contributed by atoms with van der Waals surface area (Å²) in [6.07, 6.45) is 8.47. The van der Waals surface area contributed by atoms with Crippen LogP contribution in [0.5, 0.6) is 0 Å². The fourth-order valence-electron chi connectivity index (χ4n) is 3.58. The van der Waals surface area contributed by atoms with E-state index < -0.39 is 0 Å². The van der Waals surface area contributed by atoms with Gasteiger partial charge >= 0.3 is 0 Å². The second kappa shape index (κ2) is 6.61. The lowest BCUT2D eigenvalue weighted by atomic mass is 9.70. The van der Waals surface area contributed by atoms with Gasteiger partial charge in [0.2, 0.25) is 0 Å². The maximum Gasteiger partial charge on any atom is 0.0468 e. The van der Waals surface area contributed by atoms with Gasteiger partial charge in [-0.3, -0.25) is 0 Å². The third kappa shape index (κ3) is 3.21. The summed E-state index contributed by atoms with van der Waals surface area (Å²) in [4.78, 5) is 0. The first kappa shape index (κ1) is 12.4. The van der Waals surface area contributed by atoms with E-state index in [1.54, 1.807) is 0 Å². The Hall–Kier alpha value is -0.0800. The second-order valence-corrected chi connectivity index (χ2v) is 5.47. The fourth-order valence-corrected chi connectivity index (χ4v) is 3.58. The molecule has 94 valence electrons. The van der Waals surface area contributed by atoms with Gasteiger partial charge in [-0.25, -0.2) is 0 Å². The Bertz CT molecular complexity index is 189. The highest BCUT2D eigenvalue weighted by molar-refractivity contribution is 4.83. The molecule has 2 heteroatoms. The molecule has 1 saturated heterocycles. The third-order valence-corrected chi connectivity index (χ3v) is 4.50. The predicted octanol–water partition coefficient (Wildman–Crippen LogP) is 2.83. The Morgan fingerprint density at radius 3 is 2.56 bits per heavy atom. The summed E-state index contributed by atoms with van der Waals surface area (Å²) in [6.45, 7) is 6.60. The second-order valence-electron chi connectivity index (χ2n) is 5.47. The molecule has 0 aromatic heterocycles. The van der Waals surface area contributed by atoms with Gasteiger partial charge in [-0.15, -0.1) is 0 Å². The van der Waals surface area contributed by atoms with E-state index in [2.05, 4.69) is 12.2 Å². The van der Waals surface area contributed by atoms with Crippen LogP contribution in [-0.2, 0) is 4.74 Å². The average molecular weight is 225 g/mol. The van der Waals surface area contributed by atoms with Crippen LogP contribution in [0.4, 0.5) is 0 Å². The fraction of sp³-hybridized carbons (Fsp3) is 1.00. The van der Waals surface area contributed by atoms with E-state index in [4.69, 9.17) is 4.74 Å². The molecule has 0 aromatic rings. The zero-order valence-electron chi connectivity index (χ0n) is 10.7. The minimum Gasteiger partial charge on any atom is -0.381 e. The molecule has 2 atom stereocenters. The molecule has 1 N–H and O–H groups in total. The van der Waals surface area contributed by atoms with Crippen LogP contribution in [-0.4, -0.2) is 26.3 Å². The molecule has 1 heterocycles. The highest BCUT2D eigenvalue weighted by atomic mass is 16.5. The van der Waals surface area contributed by atoms with Gasteiger partial charge in [0.1, 0.15) is 0 Å². The molecule has 1 aliphatic heterocycles. The SMILES string of the molecule is CCNCC1CCCCC1C1CCOCC1. The van der Waals surface area contributed by atoms with Crippen molar-refractivity contribution in [2.75, 3.05) is 26.3 Å². The average Bonchev–Trinajstić information content (AvgIpc) is 2.38. The Morgan fingerprint density at radius 2 is 1.81 bits per heavy atom. The monoisotopic (exact) mass is 225 g/mol. The van der Waals surface area contributed by atoms with Crippen molar-refractivity contribution in [2.45, 2.75) is 45.4 Å². The van der Waals surface area contributed by atoms with Crippen molar-refractivity contribution < 1.29 is 4.74 Å². The molecule has 2 aliphatic rings. The molecular weight excluding hydrogens is 198 g/mol. The lowest BCUT2D eigenvalue weighted by Gasteiger charge is -2.39. The Morgan fingerprint density at radius 1 is 1.06 bits per heavy atom. The number of hydrogen-bond acceptors (Lipinski definition) is 2. The van der Waals surface area contributed by atoms with Gasteiger partial charge in [0.25, 0.3) is 0 Å². The Labute approximate surface area is 100 Å². The van der Waals surface area contributed by atoms with Crippen LogP contribution in [0.25, 0.3) is 0 Å². The van der Waals surface area contributed by atoms with Crippen molar-refractivity contribution in [3.8, 4) is 0 Å². The molecule has 0 radical (unpaired) electrons. The van der Waals surface area contributed by atoms with Crippen molar-refractivity contribution in [1.82, 2.24) is 5.32 Å². The summed E-state index contributed by atoms with van der Waals surface area (Å²) in [5, 5.41) is 3.56. The van der Waals surface area contributed by atoms with E-state index in [9.17, 15) is 0 Å². The van der Waals surface area contributed by atoms with E-state index in [0.717, 1.165) is 37.5 Å². The van der Waals surface area contributed by atoms with Crippen LogP contribution < -0.4 is 5.32 Å². The first-order chi connectivity index (χ1) is 7.92. The molecule has 0 aromatic carbocycles. The highest BCUT2D eigenvalue weighted by Gasteiger charge is 2.32. The largest absolute Gasteiger partial charge is 0.381 e. The molecule has 2 fully saturated rings. The minimum absolute atomic E-state index is 0.941. The van der Waals surface area contributed by atoms with Gasteiger partial charge < -0.3 is 10.1 Å². The van der Waals surface area contributed by atoms with Crippen LogP contribution in [0.15, 0.2) is 0 Å². The van der Waals surface area contributed by atoms with Crippen molar-refractivity contribution in [2.24, 2.45) is 17.8 Å².